The number of hydrogen-bond acceptors (Lipinski definition) is 6. The van der Waals surface area contributed by atoms with Gasteiger partial charge in [0.25, 0.3) is 10.0 Å². The Morgan fingerprint density at radius 3 is 2.45 bits per heavy atom. The third-order valence-electron chi connectivity index (χ3n) is 7.59. The monoisotopic (exact) mass is 604 g/mol. The number of ketones is 1. The van der Waals surface area contributed by atoms with Gasteiger partial charge in [-0.1, -0.05) is 42.0 Å². The van der Waals surface area contributed by atoms with Gasteiger partial charge in [-0.3, -0.25) is 4.79 Å². The van der Waals surface area contributed by atoms with Crippen LogP contribution in [0.15, 0.2) is 102 Å². The minimum atomic E-state index is -4.27. The number of nitrogen functional groups attached to an aromatic ring is 1. The Bertz CT molecular complexity index is 2370. The average Bonchev–Trinajstić information content (AvgIpc) is 3.70. The highest BCUT2D eigenvalue weighted by molar-refractivity contribution is 7.90. The largest absolute Gasteiger partial charge is 0.383 e. The van der Waals surface area contributed by atoms with E-state index in [0.717, 1.165) is 20.9 Å². The smallest absolute Gasteiger partial charge is 0.268 e. The number of imidazole rings is 1. The van der Waals surface area contributed by atoms with Crippen LogP contribution in [0.5, 0.6) is 0 Å². The van der Waals surface area contributed by atoms with E-state index in [2.05, 4.69) is 15.1 Å². The van der Waals surface area contributed by atoms with Crippen LogP contribution >= 0.6 is 0 Å². The van der Waals surface area contributed by atoms with E-state index < -0.39 is 21.6 Å². The summed E-state index contributed by atoms with van der Waals surface area (Å²) in [6.07, 6.45) is 1.33. The molecule has 0 fully saturated rings. The predicted octanol–water partition coefficient (Wildman–Crippen LogP) is 6.18. The van der Waals surface area contributed by atoms with E-state index >= 15 is 0 Å². The Kier molecular flexibility index (Phi) is 6.22. The van der Waals surface area contributed by atoms with Gasteiger partial charge in [0.1, 0.15) is 23.2 Å². The third kappa shape index (κ3) is 4.45. The average molecular weight is 605 g/mol. The Morgan fingerprint density at radius 2 is 1.68 bits per heavy atom. The van der Waals surface area contributed by atoms with Crippen molar-refractivity contribution in [2.24, 2.45) is 0 Å². The lowest BCUT2D eigenvalue weighted by molar-refractivity contribution is 0.103. The highest BCUT2D eigenvalue weighted by Gasteiger charge is 2.29. The van der Waals surface area contributed by atoms with Gasteiger partial charge in [0.15, 0.2) is 0 Å². The van der Waals surface area contributed by atoms with E-state index in [1.807, 2.05) is 19.9 Å². The van der Waals surface area contributed by atoms with Gasteiger partial charge in [-0.15, -0.1) is 0 Å². The maximum Gasteiger partial charge on any atom is 0.268 e. The van der Waals surface area contributed by atoms with E-state index in [9.17, 15) is 17.6 Å². The van der Waals surface area contributed by atoms with Gasteiger partial charge in [-0.05, 0) is 79.6 Å². The highest BCUT2D eigenvalue weighted by Crippen LogP contribution is 2.33. The molecule has 0 atom stereocenters. The SMILES string of the molecule is Cc1ccc(S(=O)(=O)n2c(C(=O)c3cnn(-c4ccc5[nH]c(C)nc5c4)c3N)cc3ccc(-c4cccc(F)c4)cc32)cc1. The highest BCUT2D eigenvalue weighted by atomic mass is 32.2. The number of benzene rings is 4. The van der Waals surface area contributed by atoms with Crippen molar-refractivity contribution >= 4 is 43.6 Å². The van der Waals surface area contributed by atoms with Crippen molar-refractivity contribution in [1.29, 1.82) is 0 Å². The Morgan fingerprint density at radius 1 is 0.909 bits per heavy atom. The summed E-state index contributed by atoms with van der Waals surface area (Å²) < 4.78 is 44.9. The van der Waals surface area contributed by atoms with E-state index in [1.165, 1.54) is 41.2 Å². The molecule has 0 amide bonds. The second-order valence-electron chi connectivity index (χ2n) is 10.6. The number of nitrogens with one attached hydrogen (secondary N) is 1. The van der Waals surface area contributed by atoms with Gasteiger partial charge in [0.2, 0.25) is 5.78 Å². The number of hydrogen-bond donors (Lipinski definition) is 2. The maximum atomic E-state index is 14.2. The summed E-state index contributed by atoms with van der Waals surface area (Å²) in [5, 5.41) is 4.87. The maximum absolute atomic E-state index is 14.2. The Labute approximate surface area is 251 Å². The summed E-state index contributed by atoms with van der Waals surface area (Å²) in [5.41, 5.74) is 10.9. The first-order valence-electron chi connectivity index (χ1n) is 13.7. The van der Waals surface area contributed by atoms with Crippen molar-refractivity contribution in [3.05, 3.63) is 126 Å². The number of aromatic amines is 1. The van der Waals surface area contributed by atoms with Crippen LogP contribution in [-0.4, -0.2) is 37.9 Å². The molecule has 0 aliphatic heterocycles. The molecule has 4 aromatic carbocycles. The molecule has 7 rings (SSSR count). The van der Waals surface area contributed by atoms with Crippen LogP contribution in [0.4, 0.5) is 10.2 Å². The molecule has 0 bridgehead atoms. The number of carbonyl (C=O) groups excluding carboxylic acids is 1. The number of rotatable bonds is 6. The van der Waals surface area contributed by atoms with Crippen molar-refractivity contribution in [3.63, 3.8) is 0 Å². The van der Waals surface area contributed by atoms with Crippen LogP contribution < -0.4 is 5.73 Å². The van der Waals surface area contributed by atoms with Gasteiger partial charge >= 0.3 is 0 Å². The van der Waals surface area contributed by atoms with Crippen LogP contribution in [-0.2, 0) is 10.0 Å². The Balaban J connectivity index is 1.40. The molecule has 0 saturated carbocycles. The molecule has 9 nitrogen and oxygen atoms in total. The second-order valence-corrected chi connectivity index (χ2v) is 12.4. The lowest BCUT2D eigenvalue weighted by Crippen LogP contribution is -2.19. The molecular weight excluding hydrogens is 579 g/mol. The summed E-state index contributed by atoms with van der Waals surface area (Å²) in [4.78, 5) is 21.8. The number of anilines is 1. The molecular formula is C33H25FN6O3S. The first-order valence-corrected chi connectivity index (χ1v) is 15.1. The van der Waals surface area contributed by atoms with Crippen LogP contribution in [0.25, 0.3) is 38.8 Å². The topological polar surface area (TPSA) is 129 Å². The van der Waals surface area contributed by atoms with Crippen molar-refractivity contribution in [2.45, 2.75) is 18.7 Å². The second kappa shape index (κ2) is 10.0. The van der Waals surface area contributed by atoms with Gasteiger partial charge < -0.3 is 10.7 Å². The standard InChI is InChI=1S/C33H25FN6O3S/c1-19-6-11-26(12-7-19)44(42,43)40-30-15-22(21-4-3-5-24(34)14-21)8-9-23(30)16-31(40)32(41)27-18-36-39(33(27)35)25-10-13-28-29(17-25)38-20(2)37-28/h3-18H,35H2,1-2H3,(H,37,38). The normalized spacial score (nSPS) is 11.9. The van der Waals surface area contributed by atoms with Crippen LogP contribution in [0, 0.1) is 19.7 Å². The molecule has 3 heterocycles. The van der Waals surface area contributed by atoms with Crippen molar-refractivity contribution in [1.82, 2.24) is 23.7 Å². The molecule has 0 saturated heterocycles. The zero-order valence-corrected chi connectivity index (χ0v) is 24.4. The number of carbonyl (C=O) groups is 1. The predicted molar refractivity (Wildman–Crippen MR) is 167 cm³/mol. The van der Waals surface area contributed by atoms with Crippen LogP contribution in [0.2, 0.25) is 0 Å². The van der Waals surface area contributed by atoms with Gasteiger partial charge in [0, 0.05) is 5.39 Å². The molecule has 0 radical (unpaired) electrons. The molecule has 44 heavy (non-hydrogen) atoms. The summed E-state index contributed by atoms with van der Waals surface area (Å²) in [6, 6.07) is 24.5. The van der Waals surface area contributed by atoms with Gasteiger partial charge in [0.05, 0.1) is 38.9 Å². The van der Waals surface area contributed by atoms with Gasteiger partial charge in [-0.2, -0.15) is 5.10 Å². The summed E-state index contributed by atoms with van der Waals surface area (Å²) >= 11 is 0. The lowest BCUT2D eigenvalue weighted by Gasteiger charge is -2.13. The first kappa shape index (κ1) is 27.3. The van der Waals surface area contributed by atoms with E-state index in [0.29, 0.717) is 27.7 Å². The number of H-pyrrole nitrogens is 1. The zero-order chi connectivity index (χ0) is 30.7. The molecule has 218 valence electrons. The molecule has 11 heteroatoms. The number of nitrogens with zero attached hydrogens (tertiary/aromatic N) is 4. The van der Waals surface area contributed by atoms with E-state index in [-0.39, 0.29) is 27.5 Å². The van der Waals surface area contributed by atoms with Gasteiger partial charge in [-0.25, -0.2) is 26.4 Å². The molecule has 0 aliphatic carbocycles. The fourth-order valence-electron chi connectivity index (χ4n) is 5.39. The Hall–Kier alpha value is -5.55. The molecule has 0 aliphatic rings. The van der Waals surface area contributed by atoms with Crippen molar-refractivity contribution in [2.75, 3.05) is 5.73 Å². The lowest BCUT2D eigenvalue weighted by atomic mass is 10.0. The number of halogens is 1. The first-order chi connectivity index (χ1) is 21.1. The summed E-state index contributed by atoms with van der Waals surface area (Å²) in [5.74, 6) is -0.240. The molecule has 3 aromatic heterocycles. The van der Waals surface area contributed by atoms with Crippen molar-refractivity contribution in [3.8, 4) is 16.8 Å². The van der Waals surface area contributed by atoms with E-state index in [4.69, 9.17) is 5.73 Å². The zero-order valence-electron chi connectivity index (χ0n) is 23.6. The molecule has 3 N–H and O–H groups in total. The fourth-order valence-corrected chi connectivity index (χ4v) is 6.89. The van der Waals surface area contributed by atoms with Crippen LogP contribution in [0.1, 0.15) is 27.4 Å². The number of aryl methyl sites for hydroxylation is 2. The molecule has 7 aromatic rings. The van der Waals surface area contributed by atoms with Crippen LogP contribution in [0.3, 0.4) is 0 Å². The van der Waals surface area contributed by atoms with Crippen molar-refractivity contribution < 1.29 is 17.6 Å². The summed E-state index contributed by atoms with van der Waals surface area (Å²) in [7, 11) is -4.27. The number of aromatic nitrogens is 5. The number of nitrogens with two attached hydrogens (primary N) is 1. The quantitative estimate of drug-likeness (QED) is 0.218. The molecule has 0 spiro atoms. The molecule has 0 unspecified atom stereocenters. The third-order valence-corrected chi connectivity index (χ3v) is 9.33. The fraction of sp³-hybridized carbons (Fsp3) is 0.0606. The van der Waals surface area contributed by atoms with E-state index in [1.54, 1.807) is 54.6 Å². The minimum Gasteiger partial charge on any atom is -0.383 e. The summed E-state index contributed by atoms with van der Waals surface area (Å²) in [6.45, 7) is 3.71. The minimum absolute atomic E-state index is 0.0112. The number of fused-ring (bicyclic) bond motifs is 2.